The number of hydrogen-bond acceptors (Lipinski definition) is 13. The Hall–Kier alpha value is -4.86. The largest absolute Gasteiger partial charge is 0.505 e. The van der Waals surface area contributed by atoms with E-state index in [9.17, 15) is 44.3 Å². The van der Waals surface area contributed by atoms with Crippen molar-refractivity contribution in [2.45, 2.75) is 42.4 Å². The zero-order valence-corrected chi connectivity index (χ0v) is 29.7. The van der Waals surface area contributed by atoms with Crippen LogP contribution in [-0.2, 0) is 35.1 Å². The second-order valence-electron chi connectivity index (χ2n) is 10.7. The molecule has 4 aromatic carbocycles. The summed E-state index contributed by atoms with van der Waals surface area (Å²) in [6.07, 6.45) is 0. The lowest BCUT2D eigenvalue weighted by atomic mass is 10.1. The number of phenols is 1. The minimum absolute atomic E-state index is 0.0612. The van der Waals surface area contributed by atoms with Gasteiger partial charge in [-0.15, -0.1) is 10.2 Å². The van der Waals surface area contributed by atoms with Crippen LogP contribution in [0.1, 0.15) is 26.3 Å². The summed E-state index contributed by atoms with van der Waals surface area (Å²) >= 11 is 0. The van der Waals surface area contributed by atoms with E-state index < -0.39 is 57.4 Å². The lowest BCUT2D eigenvalue weighted by molar-refractivity contribution is -0.114. The van der Waals surface area contributed by atoms with Crippen LogP contribution in [0.3, 0.4) is 0 Å². The molecule has 0 unspecified atom stereocenters. The number of ether oxygens (including phenoxy) is 1. The van der Waals surface area contributed by atoms with Crippen LogP contribution in [-0.4, -0.2) is 69.9 Å². The summed E-state index contributed by atoms with van der Waals surface area (Å²) < 4.78 is 100. The van der Waals surface area contributed by atoms with Crippen molar-refractivity contribution in [2.75, 3.05) is 36.4 Å². The Morgan fingerprint density at radius 1 is 0.840 bits per heavy atom. The van der Waals surface area contributed by atoms with Crippen LogP contribution in [0.5, 0.6) is 11.5 Å². The van der Waals surface area contributed by atoms with E-state index in [-0.39, 0.29) is 32.8 Å². The third kappa shape index (κ3) is 8.12. The molecule has 20 heteroatoms. The molecule has 4 aromatic rings. The van der Waals surface area contributed by atoms with Gasteiger partial charge >= 0.3 is 0 Å². The number of carbonyl (C=O) groups excluding carboxylic acids is 1. The van der Waals surface area contributed by atoms with Gasteiger partial charge in [0, 0.05) is 31.5 Å². The van der Waals surface area contributed by atoms with Gasteiger partial charge in [-0.1, -0.05) is 13.8 Å². The topological polar surface area (TPSA) is 253 Å². The SMILES string of the molecule is CCN(CC)S(=O)(=O)c1ccc(NNc2cc(OC)c(N=Nc3c(S(=O)(=O)O)cc4cc(S(=O)(=O)O)cc(NC(C)=O)c4c3O)cc2C)cc1. The van der Waals surface area contributed by atoms with Crippen molar-refractivity contribution in [1.29, 1.82) is 0 Å². The summed E-state index contributed by atoms with van der Waals surface area (Å²) in [7, 11) is -12.3. The number of carbonyl (C=O) groups is 1. The molecular formula is C30H34N6O11S3. The van der Waals surface area contributed by atoms with Crippen molar-refractivity contribution in [3.8, 4) is 11.5 Å². The highest BCUT2D eigenvalue weighted by molar-refractivity contribution is 7.89. The minimum Gasteiger partial charge on any atom is -0.505 e. The summed E-state index contributed by atoms with van der Waals surface area (Å²) in [5, 5.41) is 20.9. The lowest BCUT2D eigenvalue weighted by Gasteiger charge is -2.19. The fraction of sp³-hybridized carbons (Fsp3) is 0.233. The van der Waals surface area contributed by atoms with Gasteiger partial charge in [0.2, 0.25) is 15.9 Å². The molecule has 17 nitrogen and oxygen atoms in total. The van der Waals surface area contributed by atoms with Crippen LogP contribution in [0, 0.1) is 6.92 Å². The Labute approximate surface area is 288 Å². The van der Waals surface area contributed by atoms with Crippen molar-refractivity contribution in [3.05, 3.63) is 60.2 Å². The maximum atomic E-state index is 12.8. The second-order valence-corrected chi connectivity index (χ2v) is 15.4. The van der Waals surface area contributed by atoms with E-state index in [0.29, 0.717) is 30.0 Å². The number of nitrogens with zero attached hydrogens (tertiary/aromatic N) is 3. The number of methoxy groups -OCH3 is 1. The van der Waals surface area contributed by atoms with Crippen molar-refractivity contribution >= 4 is 75.4 Å². The maximum Gasteiger partial charge on any atom is 0.296 e. The quantitative estimate of drug-likeness (QED) is 0.0585. The van der Waals surface area contributed by atoms with Crippen molar-refractivity contribution < 1.29 is 49.0 Å². The van der Waals surface area contributed by atoms with E-state index in [1.54, 1.807) is 32.9 Å². The van der Waals surface area contributed by atoms with Crippen LogP contribution >= 0.6 is 0 Å². The molecule has 0 aliphatic heterocycles. The standard InChI is InChI=1S/C30H34N6O11S3/c1-6-36(7-2)48(39,40)21-10-8-20(9-11-21)32-33-23-16-26(47-5)24(12-17(23)3)34-35-29-27(50(44,45)46)14-19-13-22(49(41,42)43)15-25(31-18(4)37)28(19)30(29)38/h8-16,32-33,38H,6-7H2,1-5H3,(H,31,37)(H,41,42,43)(H,44,45,46). The number of aromatic hydroxyl groups is 1. The predicted molar refractivity (Wildman–Crippen MR) is 185 cm³/mol. The van der Waals surface area contributed by atoms with Gasteiger partial charge in [-0.3, -0.25) is 13.9 Å². The maximum absolute atomic E-state index is 12.8. The zero-order chi connectivity index (χ0) is 37.2. The first kappa shape index (κ1) is 38.0. The van der Waals surface area contributed by atoms with E-state index in [1.807, 2.05) is 0 Å². The number of azo groups is 1. The fourth-order valence-corrected chi connectivity index (χ4v) is 7.56. The number of fused-ring (bicyclic) bond motifs is 1. The summed E-state index contributed by atoms with van der Waals surface area (Å²) in [6.45, 7) is 6.97. The molecule has 0 saturated carbocycles. The molecule has 0 bridgehead atoms. The average molecular weight is 751 g/mol. The molecule has 50 heavy (non-hydrogen) atoms. The van der Waals surface area contributed by atoms with Crippen LogP contribution < -0.4 is 20.9 Å². The molecule has 0 aliphatic rings. The van der Waals surface area contributed by atoms with Gasteiger partial charge in [0.25, 0.3) is 20.2 Å². The molecule has 268 valence electrons. The Morgan fingerprint density at radius 3 is 2.02 bits per heavy atom. The third-order valence-corrected chi connectivity index (χ3v) is 11.1. The monoisotopic (exact) mass is 750 g/mol. The van der Waals surface area contributed by atoms with Gasteiger partial charge in [-0.2, -0.15) is 21.1 Å². The Morgan fingerprint density at radius 2 is 1.48 bits per heavy atom. The van der Waals surface area contributed by atoms with Gasteiger partial charge in [0.15, 0.2) is 5.75 Å². The number of aryl methyl sites for hydroxylation is 1. The van der Waals surface area contributed by atoms with Crippen molar-refractivity contribution in [3.63, 3.8) is 0 Å². The third-order valence-electron chi connectivity index (χ3n) is 7.33. The Balaban J connectivity index is 1.72. The first-order chi connectivity index (χ1) is 23.3. The predicted octanol–water partition coefficient (Wildman–Crippen LogP) is 5.20. The number of benzene rings is 4. The summed E-state index contributed by atoms with van der Waals surface area (Å²) in [6, 6.07) is 11.6. The highest BCUT2D eigenvalue weighted by Crippen LogP contribution is 2.46. The van der Waals surface area contributed by atoms with Crippen molar-refractivity contribution in [1.82, 2.24) is 4.31 Å². The van der Waals surface area contributed by atoms with E-state index in [2.05, 4.69) is 26.4 Å². The number of rotatable bonds is 13. The van der Waals surface area contributed by atoms with E-state index in [1.165, 1.54) is 35.7 Å². The van der Waals surface area contributed by atoms with E-state index in [4.69, 9.17) is 4.74 Å². The molecule has 0 aromatic heterocycles. The van der Waals surface area contributed by atoms with Crippen LogP contribution in [0.2, 0.25) is 0 Å². The number of hydrazine groups is 1. The molecule has 0 aliphatic carbocycles. The highest BCUT2D eigenvalue weighted by Gasteiger charge is 2.26. The number of amides is 1. The molecular weight excluding hydrogens is 717 g/mol. The minimum atomic E-state index is -5.12. The molecule has 6 N–H and O–H groups in total. The highest BCUT2D eigenvalue weighted by atomic mass is 32.2. The molecule has 0 fully saturated rings. The molecule has 0 spiro atoms. The summed E-state index contributed by atoms with van der Waals surface area (Å²) in [4.78, 5) is 10.3. The van der Waals surface area contributed by atoms with E-state index in [0.717, 1.165) is 25.1 Å². The number of nitrogens with one attached hydrogen (secondary N) is 3. The second kappa shape index (κ2) is 14.5. The molecule has 0 radical (unpaired) electrons. The van der Waals surface area contributed by atoms with E-state index >= 15 is 0 Å². The smallest absolute Gasteiger partial charge is 0.296 e. The molecule has 1 amide bonds. The van der Waals surface area contributed by atoms with Gasteiger partial charge in [0.05, 0.1) is 34.0 Å². The van der Waals surface area contributed by atoms with Crippen LogP contribution in [0.4, 0.5) is 28.4 Å². The van der Waals surface area contributed by atoms with Gasteiger partial charge in [-0.05, 0) is 66.4 Å². The Kier molecular flexibility index (Phi) is 11.0. The van der Waals surface area contributed by atoms with Crippen molar-refractivity contribution in [2.24, 2.45) is 10.2 Å². The number of hydrogen-bond donors (Lipinski definition) is 6. The van der Waals surface area contributed by atoms with Crippen LogP contribution in [0.15, 0.2) is 79.5 Å². The molecule has 4 rings (SSSR count). The number of sulfonamides is 1. The van der Waals surface area contributed by atoms with Gasteiger partial charge in [0.1, 0.15) is 22.0 Å². The number of anilines is 3. The molecule has 0 heterocycles. The molecule has 0 saturated heterocycles. The first-order valence-corrected chi connectivity index (χ1v) is 18.9. The number of phenolic OH excluding ortho intramolecular Hbond substituents is 1. The zero-order valence-electron chi connectivity index (χ0n) is 27.3. The Bertz CT molecular complexity index is 2330. The molecule has 0 atom stereocenters. The van der Waals surface area contributed by atoms with Crippen LogP contribution in [0.25, 0.3) is 10.8 Å². The summed E-state index contributed by atoms with van der Waals surface area (Å²) in [5.74, 6) is -1.45. The average Bonchev–Trinajstić information content (AvgIpc) is 3.03. The first-order valence-electron chi connectivity index (χ1n) is 14.6. The van der Waals surface area contributed by atoms with Gasteiger partial charge in [-0.25, -0.2) is 8.42 Å². The lowest BCUT2D eigenvalue weighted by Crippen LogP contribution is -2.30. The van der Waals surface area contributed by atoms with Gasteiger partial charge < -0.3 is 26.0 Å². The fourth-order valence-electron chi connectivity index (χ4n) is 4.91. The summed E-state index contributed by atoms with van der Waals surface area (Å²) in [5.41, 5.74) is 6.59. The normalized spacial score (nSPS) is 12.4.